The first kappa shape index (κ1) is 12.8. The van der Waals surface area contributed by atoms with Gasteiger partial charge in [0.15, 0.2) is 0 Å². The second-order valence-electron chi connectivity index (χ2n) is 5.85. The van der Waals surface area contributed by atoms with Crippen LogP contribution in [0.15, 0.2) is 42.7 Å². The molecular weight excluding hydrogens is 264 g/mol. The summed E-state index contributed by atoms with van der Waals surface area (Å²) in [5, 5.41) is 0. The van der Waals surface area contributed by atoms with E-state index in [2.05, 4.69) is 11.1 Å². The van der Waals surface area contributed by atoms with Crippen molar-refractivity contribution in [2.24, 2.45) is 5.73 Å². The van der Waals surface area contributed by atoms with Crippen LogP contribution < -0.4 is 10.5 Å². The Morgan fingerprint density at radius 2 is 1.95 bits per heavy atom. The van der Waals surface area contributed by atoms with E-state index in [1.54, 1.807) is 0 Å². The maximum Gasteiger partial charge on any atom is 0.145 e. The van der Waals surface area contributed by atoms with Gasteiger partial charge < -0.3 is 15.2 Å². The Labute approximate surface area is 123 Å². The van der Waals surface area contributed by atoms with Gasteiger partial charge in [0, 0.05) is 23.5 Å². The van der Waals surface area contributed by atoms with E-state index in [9.17, 15) is 0 Å². The predicted octanol–water partition coefficient (Wildman–Crippen LogP) is 2.47. The number of para-hydroxylation sites is 1. The van der Waals surface area contributed by atoms with Gasteiger partial charge in [0.05, 0.1) is 13.2 Å². The molecule has 4 heteroatoms. The van der Waals surface area contributed by atoms with E-state index in [0.29, 0.717) is 13.2 Å². The molecule has 108 valence electrons. The summed E-state index contributed by atoms with van der Waals surface area (Å²) in [6.07, 6.45) is 5.90. The summed E-state index contributed by atoms with van der Waals surface area (Å²) in [6, 6.07) is 10.1. The van der Waals surface area contributed by atoms with Crippen LogP contribution in [0.1, 0.15) is 18.4 Å². The molecule has 2 N–H and O–H groups in total. The van der Waals surface area contributed by atoms with Crippen LogP contribution in [-0.4, -0.2) is 24.3 Å². The summed E-state index contributed by atoms with van der Waals surface area (Å²) in [6.45, 7) is 1.33. The van der Waals surface area contributed by atoms with Crippen LogP contribution in [0.2, 0.25) is 0 Å². The fraction of sp³-hybridized carbons (Fsp3) is 0.353. The Morgan fingerprint density at radius 1 is 1.14 bits per heavy atom. The van der Waals surface area contributed by atoms with E-state index < -0.39 is 0 Å². The molecule has 1 aliphatic carbocycles. The van der Waals surface area contributed by atoms with Gasteiger partial charge in [-0.1, -0.05) is 18.2 Å². The van der Waals surface area contributed by atoms with Crippen molar-refractivity contribution in [1.29, 1.82) is 0 Å². The molecule has 0 bridgehead atoms. The number of rotatable bonds is 4. The Hall–Kier alpha value is -1.91. The molecule has 1 aromatic heterocycles. The highest BCUT2D eigenvalue weighted by Gasteiger charge is 2.42. The summed E-state index contributed by atoms with van der Waals surface area (Å²) >= 11 is 0. The topological polar surface area (TPSA) is 57.4 Å². The third-order valence-corrected chi connectivity index (χ3v) is 4.22. The smallest absolute Gasteiger partial charge is 0.145 e. The number of benzene rings is 1. The van der Waals surface area contributed by atoms with Gasteiger partial charge in [-0.3, -0.25) is 4.98 Å². The molecule has 2 heterocycles. The summed E-state index contributed by atoms with van der Waals surface area (Å²) in [4.78, 5) is 4.25. The molecule has 4 rings (SSSR count). The number of ether oxygens (including phenoxy) is 2. The number of aromatic nitrogens is 1. The average molecular weight is 282 g/mol. The lowest BCUT2D eigenvalue weighted by atomic mass is 9.95. The molecule has 0 unspecified atom stereocenters. The van der Waals surface area contributed by atoms with E-state index in [4.69, 9.17) is 15.2 Å². The normalized spacial score (nSPS) is 19.9. The Balaban J connectivity index is 1.76. The minimum absolute atomic E-state index is 0.157. The summed E-state index contributed by atoms with van der Waals surface area (Å²) in [5.74, 6) is 0.891. The molecule has 2 aromatic rings. The third kappa shape index (κ3) is 2.30. The van der Waals surface area contributed by atoms with Gasteiger partial charge in [0.2, 0.25) is 0 Å². The molecule has 2 fully saturated rings. The third-order valence-electron chi connectivity index (χ3n) is 4.22. The lowest BCUT2D eigenvalue weighted by molar-refractivity contribution is -0.0794. The standard InChI is InChI=1S/C17H18N2O2/c18-17(6-7-17)15-9-19-8-5-13(15)14-3-1-2-4-16(14)21-12-10-20-11-12/h1-5,8-9,12H,6-7,10-11,18H2. The van der Waals surface area contributed by atoms with Crippen LogP contribution in [0.5, 0.6) is 5.75 Å². The van der Waals surface area contributed by atoms with Gasteiger partial charge in [-0.15, -0.1) is 0 Å². The zero-order valence-electron chi connectivity index (χ0n) is 11.8. The van der Waals surface area contributed by atoms with Gasteiger partial charge in [0.1, 0.15) is 11.9 Å². The van der Waals surface area contributed by atoms with Crippen LogP contribution in [0, 0.1) is 0 Å². The lowest BCUT2D eigenvalue weighted by Crippen LogP contribution is -2.38. The fourth-order valence-corrected chi connectivity index (χ4v) is 2.68. The summed E-state index contributed by atoms with van der Waals surface area (Å²) < 4.78 is 11.2. The fourth-order valence-electron chi connectivity index (χ4n) is 2.68. The molecule has 0 atom stereocenters. The van der Waals surface area contributed by atoms with E-state index in [-0.39, 0.29) is 11.6 Å². The summed E-state index contributed by atoms with van der Waals surface area (Å²) in [7, 11) is 0. The van der Waals surface area contributed by atoms with E-state index in [0.717, 1.165) is 35.3 Å². The van der Waals surface area contributed by atoms with Crippen molar-refractivity contribution in [3.8, 4) is 16.9 Å². The molecule has 4 nitrogen and oxygen atoms in total. The van der Waals surface area contributed by atoms with Gasteiger partial charge >= 0.3 is 0 Å². The van der Waals surface area contributed by atoms with Crippen LogP contribution >= 0.6 is 0 Å². The van der Waals surface area contributed by atoms with Gasteiger partial charge in [-0.25, -0.2) is 0 Å². The van der Waals surface area contributed by atoms with Crippen molar-refractivity contribution < 1.29 is 9.47 Å². The van der Waals surface area contributed by atoms with Crippen LogP contribution in [0.3, 0.4) is 0 Å². The first-order chi connectivity index (χ1) is 10.3. The minimum Gasteiger partial charge on any atom is -0.485 e. The van der Waals surface area contributed by atoms with E-state index >= 15 is 0 Å². The highest BCUT2D eigenvalue weighted by Crippen LogP contribution is 2.47. The molecule has 2 aliphatic rings. The number of nitrogens with zero attached hydrogens (tertiary/aromatic N) is 1. The molecule has 1 saturated carbocycles. The molecule has 21 heavy (non-hydrogen) atoms. The van der Waals surface area contributed by atoms with Crippen LogP contribution in [-0.2, 0) is 10.3 Å². The van der Waals surface area contributed by atoms with E-state index in [1.807, 2.05) is 36.7 Å². The Kier molecular flexibility index (Phi) is 2.94. The molecule has 1 saturated heterocycles. The Bertz CT molecular complexity index is 663. The van der Waals surface area contributed by atoms with Gasteiger partial charge in [-0.2, -0.15) is 0 Å². The second-order valence-corrected chi connectivity index (χ2v) is 5.85. The lowest BCUT2D eigenvalue weighted by Gasteiger charge is -2.28. The number of nitrogens with two attached hydrogens (primary N) is 1. The van der Waals surface area contributed by atoms with Crippen molar-refractivity contribution in [1.82, 2.24) is 4.98 Å². The zero-order valence-corrected chi connectivity index (χ0v) is 11.8. The first-order valence-electron chi connectivity index (χ1n) is 7.33. The molecule has 0 radical (unpaired) electrons. The molecular formula is C17H18N2O2. The SMILES string of the molecule is NC1(c2cnccc2-c2ccccc2OC2COC2)CC1. The van der Waals surface area contributed by atoms with Gasteiger partial charge in [-0.05, 0) is 36.1 Å². The molecule has 1 aliphatic heterocycles. The minimum atomic E-state index is -0.212. The molecule has 1 aromatic carbocycles. The largest absolute Gasteiger partial charge is 0.485 e. The van der Waals surface area contributed by atoms with Crippen LogP contribution in [0.4, 0.5) is 0 Å². The van der Waals surface area contributed by atoms with Crippen molar-refractivity contribution in [2.75, 3.05) is 13.2 Å². The zero-order chi connectivity index (χ0) is 14.3. The van der Waals surface area contributed by atoms with Crippen molar-refractivity contribution in [2.45, 2.75) is 24.5 Å². The monoisotopic (exact) mass is 282 g/mol. The first-order valence-corrected chi connectivity index (χ1v) is 7.33. The highest BCUT2D eigenvalue weighted by molar-refractivity contribution is 5.74. The highest BCUT2D eigenvalue weighted by atomic mass is 16.6. The summed E-state index contributed by atoms with van der Waals surface area (Å²) in [5.41, 5.74) is 9.51. The maximum absolute atomic E-state index is 6.39. The van der Waals surface area contributed by atoms with Crippen molar-refractivity contribution in [3.63, 3.8) is 0 Å². The van der Waals surface area contributed by atoms with Gasteiger partial charge in [0.25, 0.3) is 0 Å². The quantitative estimate of drug-likeness (QED) is 0.936. The predicted molar refractivity (Wildman–Crippen MR) is 80.0 cm³/mol. The van der Waals surface area contributed by atoms with Crippen molar-refractivity contribution >= 4 is 0 Å². The number of hydrogen-bond acceptors (Lipinski definition) is 4. The van der Waals surface area contributed by atoms with E-state index in [1.165, 1.54) is 0 Å². The number of hydrogen-bond donors (Lipinski definition) is 1. The number of pyridine rings is 1. The molecule has 0 amide bonds. The van der Waals surface area contributed by atoms with Crippen molar-refractivity contribution in [3.05, 3.63) is 48.3 Å². The second kappa shape index (κ2) is 4.83. The Morgan fingerprint density at radius 3 is 2.67 bits per heavy atom. The van der Waals surface area contributed by atoms with Crippen LogP contribution in [0.25, 0.3) is 11.1 Å². The maximum atomic E-state index is 6.39. The average Bonchev–Trinajstić information content (AvgIpc) is 3.22. The molecule has 0 spiro atoms.